The molecule has 0 radical (unpaired) electrons. The van der Waals surface area contributed by atoms with Crippen molar-refractivity contribution in [3.63, 3.8) is 0 Å². The number of rotatable bonds is 9. The zero-order valence-electron chi connectivity index (χ0n) is 35.3. The smallest absolute Gasteiger partial charge is 1.00 e. The van der Waals surface area contributed by atoms with Crippen molar-refractivity contribution in [2.45, 2.75) is 116 Å². The van der Waals surface area contributed by atoms with Gasteiger partial charge in [-0.3, -0.25) is 9.97 Å². The number of aryl methyl sites for hydroxylation is 4. The molecule has 0 aliphatic heterocycles. The van der Waals surface area contributed by atoms with E-state index in [9.17, 15) is 0 Å². The standard InChI is InChI=1S/C25H31N.C17H23N.C8H9.CH4.BrH.Mg/c1-16(2)9-20-14-21(10-17(3)4)23-7-8-26-25(24(23)15-20)22-12-18(5)11-19(6)13-22;1-12(2)7-14-9-15(8-13(3)4)17-5-6-18-11-16(17)10-14;1-7-4-3-5-8(2)6-7;;;/h7-8,11-17H,9-10H2,1-6H3;5-6,9-13H,7-8H2,1-4H3;4-6H,1-2H3;1H4;1H;/q;;-1;;;+2/p-1. The largest absolute Gasteiger partial charge is 2.00 e. The van der Waals surface area contributed by atoms with Crippen LogP contribution in [0.5, 0.6) is 0 Å². The van der Waals surface area contributed by atoms with Crippen LogP contribution in [0.4, 0.5) is 0 Å². The van der Waals surface area contributed by atoms with Crippen LogP contribution in [0.3, 0.4) is 0 Å². The first-order chi connectivity index (χ1) is 24.7. The van der Waals surface area contributed by atoms with Crippen molar-refractivity contribution in [1.29, 1.82) is 0 Å². The Morgan fingerprint density at radius 3 is 1.49 bits per heavy atom. The second-order valence-electron chi connectivity index (χ2n) is 16.7. The number of pyridine rings is 2. The van der Waals surface area contributed by atoms with E-state index < -0.39 is 0 Å². The molecule has 0 saturated heterocycles. The van der Waals surface area contributed by atoms with E-state index >= 15 is 0 Å². The molecule has 0 amide bonds. The molecule has 4 aromatic carbocycles. The van der Waals surface area contributed by atoms with E-state index in [1.54, 1.807) is 0 Å². The van der Waals surface area contributed by atoms with Gasteiger partial charge >= 0.3 is 23.1 Å². The molecule has 55 heavy (non-hydrogen) atoms. The monoisotopic (exact) mass is 810 g/mol. The van der Waals surface area contributed by atoms with Gasteiger partial charge in [-0.2, -0.15) is 35.4 Å². The van der Waals surface area contributed by atoms with E-state index in [1.807, 2.05) is 30.7 Å². The van der Waals surface area contributed by atoms with Crippen LogP contribution in [-0.4, -0.2) is 33.0 Å². The second-order valence-corrected chi connectivity index (χ2v) is 16.7. The van der Waals surface area contributed by atoms with Crippen LogP contribution in [0.2, 0.25) is 0 Å². The summed E-state index contributed by atoms with van der Waals surface area (Å²) < 4.78 is 0. The zero-order valence-corrected chi connectivity index (χ0v) is 38.3. The van der Waals surface area contributed by atoms with Crippen LogP contribution >= 0.6 is 0 Å². The molecule has 0 saturated carbocycles. The van der Waals surface area contributed by atoms with Crippen LogP contribution < -0.4 is 17.0 Å². The number of benzene rings is 4. The molecular formula is C51H67BrMgN2. The first-order valence-corrected chi connectivity index (χ1v) is 19.5. The molecule has 6 rings (SSSR count). The summed E-state index contributed by atoms with van der Waals surface area (Å²) in [5.41, 5.74) is 13.3. The molecule has 2 nitrogen and oxygen atoms in total. The van der Waals surface area contributed by atoms with E-state index in [0.717, 1.165) is 31.4 Å². The third-order valence-electron chi connectivity index (χ3n) is 9.04. The SMILES string of the molecule is C.CC(C)Cc1cc(CC(C)C)c2ccncc2c1.Cc1c[c-]cc(C)c1.Cc1cc(C)cc(-c2nccc3c(CC(C)C)cc(CC(C)C)cc23)c1.[Br-].[Mg+2]. The van der Waals surface area contributed by atoms with E-state index in [-0.39, 0.29) is 47.5 Å². The van der Waals surface area contributed by atoms with Gasteiger partial charge in [-0.1, -0.05) is 106 Å². The molecule has 0 aliphatic carbocycles. The van der Waals surface area contributed by atoms with Crippen molar-refractivity contribution in [2.24, 2.45) is 23.7 Å². The molecule has 0 atom stereocenters. The fourth-order valence-electron chi connectivity index (χ4n) is 7.27. The second kappa shape index (κ2) is 23.9. The quantitative estimate of drug-likeness (QED) is 0.107. The van der Waals surface area contributed by atoms with Crippen molar-refractivity contribution in [1.82, 2.24) is 9.97 Å². The third-order valence-corrected chi connectivity index (χ3v) is 9.04. The van der Waals surface area contributed by atoms with Crippen LogP contribution in [0.25, 0.3) is 32.8 Å². The molecule has 6 aromatic rings. The minimum Gasteiger partial charge on any atom is -1.00 e. The minimum atomic E-state index is 0. The number of fused-ring (bicyclic) bond motifs is 2. The third kappa shape index (κ3) is 15.8. The maximum atomic E-state index is 4.80. The molecule has 0 N–H and O–H groups in total. The number of hydrogen-bond acceptors (Lipinski definition) is 2. The molecule has 0 aliphatic rings. The van der Waals surface area contributed by atoms with Gasteiger partial charge in [-0.25, -0.2) is 0 Å². The molecule has 0 bridgehead atoms. The number of halogens is 1. The molecule has 4 heteroatoms. The van der Waals surface area contributed by atoms with E-state index in [2.05, 4.69) is 155 Å². The Kier molecular flexibility index (Phi) is 21.7. The first-order valence-electron chi connectivity index (χ1n) is 19.5. The zero-order chi connectivity index (χ0) is 37.9. The van der Waals surface area contributed by atoms with Gasteiger partial charge in [0.25, 0.3) is 0 Å². The van der Waals surface area contributed by atoms with Gasteiger partial charge in [0.1, 0.15) is 0 Å². The van der Waals surface area contributed by atoms with Gasteiger partial charge in [0.05, 0.1) is 5.69 Å². The predicted molar refractivity (Wildman–Crippen MR) is 240 cm³/mol. The first kappa shape index (κ1) is 50.0. The number of nitrogens with zero attached hydrogens (tertiary/aromatic N) is 2. The summed E-state index contributed by atoms with van der Waals surface area (Å²) in [5, 5.41) is 5.30. The Balaban J connectivity index is 0.000000454. The summed E-state index contributed by atoms with van der Waals surface area (Å²) in [4.78, 5) is 9.05. The van der Waals surface area contributed by atoms with Crippen molar-refractivity contribution in [3.8, 4) is 11.3 Å². The van der Waals surface area contributed by atoms with E-state index in [4.69, 9.17) is 4.98 Å². The summed E-state index contributed by atoms with van der Waals surface area (Å²) in [6.07, 6.45) is 10.4. The van der Waals surface area contributed by atoms with E-state index in [1.165, 1.54) is 71.6 Å². The van der Waals surface area contributed by atoms with Gasteiger partial charge < -0.3 is 17.0 Å². The van der Waals surface area contributed by atoms with Gasteiger partial charge in [-0.05, 0) is 133 Å². The molecule has 290 valence electrons. The normalized spacial score (nSPS) is 10.7. The Hall–Kier alpha value is -3.05. The summed E-state index contributed by atoms with van der Waals surface area (Å²) in [7, 11) is 0. The predicted octanol–water partition coefficient (Wildman–Crippen LogP) is 10.9. The van der Waals surface area contributed by atoms with Gasteiger partial charge in [0.15, 0.2) is 0 Å². The van der Waals surface area contributed by atoms with Crippen LogP contribution in [0.15, 0.2) is 91.4 Å². The van der Waals surface area contributed by atoms with Crippen LogP contribution in [-0.2, 0) is 25.7 Å². The average Bonchev–Trinajstić information content (AvgIpc) is 3.03. The topological polar surface area (TPSA) is 25.8 Å². The Bertz CT molecular complexity index is 2020. The fourth-order valence-corrected chi connectivity index (χ4v) is 7.27. The fraction of sp³-hybridized carbons (Fsp3) is 0.412. The summed E-state index contributed by atoms with van der Waals surface area (Å²) in [6.45, 7) is 26.8. The Morgan fingerprint density at radius 1 is 0.527 bits per heavy atom. The molecule has 0 spiro atoms. The van der Waals surface area contributed by atoms with Gasteiger partial charge in [0, 0.05) is 34.9 Å². The maximum absolute atomic E-state index is 4.80. The van der Waals surface area contributed by atoms with Gasteiger partial charge in [0.2, 0.25) is 0 Å². The van der Waals surface area contributed by atoms with Crippen molar-refractivity contribution in [3.05, 3.63) is 142 Å². The molecule has 0 fully saturated rings. The van der Waals surface area contributed by atoms with E-state index in [0.29, 0.717) is 23.7 Å². The van der Waals surface area contributed by atoms with Crippen LogP contribution in [0.1, 0.15) is 107 Å². The molecule has 2 heterocycles. The van der Waals surface area contributed by atoms with Crippen molar-refractivity contribution >= 4 is 44.6 Å². The summed E-state index contributed by atoms with van der Waals surface area (Å²) in [5.74, 6) is 2.69. The van der Waals surface area contributed by atoms with Crippen molar-refractivity contribution < 1.29 is 17.0 Å². The average molecular weight is 812 g/mol. The Morgan fingerprint density at radius 2 is 1.00 bits per heavy atom. The molecule has 2 aromatic heterocycles. The maximum Gasteiger partial charge on any atom is 2.00 e. The van der Waals surface area contributed by atoms with Gasteiger partial charge in [-0.15, -0.1) is 0 Å². The summed E-state index contributed by atoms with van der Waals surface area (Å²) in [6, 6.07) is 29.7. The van der Waals surface area contributed by atoms with Crippen LogP contribution in [0, 0.1) is 57.4 Å². The molecular weight excluding hydrogens is 745 g/mol. The molecule has 0 unspecified atom stereocenters. The summed E-state index contributed by atoms with van der Waals surface area (Å²) >= 11 is 0. The number of aromatic nitrogens is 2. The van der Waals surface area contributed by atoms with Crippen molar-refractivity contribution in [2.75, 3.05) is 0 Å². The Labute approximate surface area is 362 Å². The minimum absolute atomic E-state index is 0. The number of hydrogen-bond donors (Lipinski definition) is 0.